The lowest BCUT2D eigenvalue weighted by Crippen LogP contribution is -2.05. The van der Waals surface area contributed by atoms with E-state index in [9.17, 15) is 0 Å². The van der Waals surface area contributed by atoms with Crippen LogP contribution in [0.2, 0.25) is 0 Å². The van der Waals surface area contributed by atoms with Gasteiger partial charge >= 0.3 is 0 Å². The molecule has 1 aromatic heterocycles. The Kier molecular flexibility index (Phi) is 5.38. The summed E-state index contributed by atoms with van der Waals surface area (Å²) in [5, 5.41) is 3.41. The van der Waals surface area contributed by atoms with Crippen molar-refractivity contribution in [1.82, 2.24) is 9.55 Å². The third-order valence-corrected chi connectivity index (χ3v) is 4.68. The molecule has 0 aliphatic rings. The molecular weight excluding hydrogens is 346 g/mol. The highest BCUT2D eigenvalue weighted by atomic mass is 16.5. The van der Waals surface area contributed by atoms with Crippen molar-refractivity contribution in [1.29, 1.82) is 0 Å². The van der Waals surface area contributed by atoms with Gasteiger partial charge in [-0.25, -0.2) is 4.98 Å². The normalized spacial score (nSPS) is 10.6. The highest BCUT2D eigenvalue weighted by Crippen LogP contribution is 2.22. The third-order valence-electron chi connectivity index (χ3n) is 4.68. The Morgan fingerprint density at radius 2 is 1.50 bits per heavy atom. The number of nitrogens with one attached hydrogen (secondary N) is 1. The van der Waals surface area contributed by atoms with Crippen LogP contribution in [0.25, 0.3) is 11.3 Å². The highest BCUT2D eigenvalue weighted by Gasteiger charge is 2.08. The van der Waals surface area contributed by atoms with Crippen LogP contribution < -0.4 is 10.1 Å². The number of hydrogen-bond acceptors (Lipinski definition) is 3. The van der Waals surface area contributed by atoms with Gasteiger partial charge in [-0.1, -0.05) is 72.8 Å². The predicted molar refractivity (Wildman–Crippen MR) is 113 cm³/mol. The van der Waals surface area contributed by atoms with Gasteiger partial charge < -0.3 is 14.6 Å². The molecule has 0 spiro atoms. The molecule has 1 N–H and O–H groups in total. The molecule has 0 bridgehead atoms. The number of rotatable bonds is 7. The van der Waals surface area contributed by atoms with Crippen LogP contribution in [0, 0.1) is 0 Å². The molecule has 28 heavy (non-hydrogen) atoms. The van der Waals surface area contributed by atoms with Crippen molar-refractivity contribution in [2.24, 2.45) is 7.05 Å². The van der Waals surface area contributed by atoms with Crippen LogP contribution >= 0.6 is 0 Å². The van der Waals surface area contributed by atoms with E-state index in [1.165, 1.54) is 5.56 Å². The van der Waals surface area contributed by atoms with Crippen molar-refractivity contribution in [3.63, 3.8) is 0 Å². The summed E-state index contributed by atoms with van der Waals surface area (Å²) in [6, 6.07) is 28.6. The molecule has 4 rings (SSSR count). The number of nitrogens with zero attached hydrogens (tertiary/aromatic N) is 2. The predicted octanol–water partition coefficient (Wildman–Crippen LogP) is 5.28. The Balaban J connectivity index is 1.35. The van der Waals surface area contributed by atoms with E-state index in [1.807, 2.05) is 61.8 Å². The summed E-state index contributed by atoms with van der Waals surface area (Å²) < 4.78 is 7.92. The molecule has 4 aromatic rings. The lowest BCUT2D eigenvalue weighted by Gasteiger charge is -2.10. The second-order valence-corrected chi connectivity index (χ2v) is 6.66. The van der Waals surface area contributed by atoms with Crippen LogP contribution in [0.3, 0.4) is 0 Å². The minimum Gasteiger partial charge on any atom is -0.489 e. The molecule has 4 nitrogen and oxygen atoms in total. The van der Waals surface area contributed by atoms with Gasteiger partial charge in [-0.2, -0.15) is 0 Å². The van der Waals surface area contributed by atoms with Gasteiger partial charge in [0, 0.05) is 13.6 Å². The molecule has 0 unspecified atom stereocenters. The van der Waals surface area contributed by atoms with Gasteiger partial charge in [-0.15, -0.1) is 0 Å². The van der Waals surface area contributed by atoms with Crippen molar-refractivity contribution in [2.45, 2.75) is 13.2 Å². The van der Waals surface area contributed by atoms with Crippen LogP contribution in [0.1, 0.15) is 11.1 Å². The van der Waals surface area contributed by atoms with E-state index >= 15 is 0 Å². The maximum atomic E-state index is 5.84. The van der Waals surface area contributed by atoms with Crippen LogP contribution in [0.5, 0.6) is 5.75 Å². The minimum absolute atomic E-state index is 0.577. The zero-order valence-corrected chi connectivity index (χ0v) is 15.9. The van der Waals surface area contributed by atoms with Gasteiger partial charge in [-0.05, 0) is 28.8 Å². The smallest absolute Gasteiger partial charge is 0.203 e. The Hall–Kier alpha value is -3.53. The molecule has 0 aliphatic carbocycles. The maximum absolute atomic E-state index is 5.84. The summed E-state index contributed by atoms with van der Waals surface area (Å²) in [6.45, 7) is 1.28. The summed E-state index contributed by atoms with van der Waals surface area (Å²) in [6.07, 6.45) is 1.90. The summed E-state index contributed by atoms with van der Waals surface area (Å²) in [7, 11) is 2.03. The van der Waals surface area contributed by atoms with Gasteiger partial charge in [0.2, 0.25) is 5.95 Å². The van der Waals surface area contributed by atoms with Crippen LogP contribution in [-0.2, 0) is 20.2 Å². The maximum Gasteiger partial charge on any atom is 0.203 e. The van der Waals surface area contributed by atoms with E-state index in [4.69, 9.17) is 4.74 Å². The molecule has 140 valence electrons. The van der Waals surface area contributed by atoms with Crippen LogP contribution in [0.15, 0.2) is 91.1 Å². The summed E-state index contributed by atoms with van der Waals surface area (Å²) >= 11 is 0. The van der Waals surface area contributed by atoms with E-state index < -0.39 is 0 Å². The quantitative estimate of drug-likeness (QED) is 0.482. The molecule has 0 saturated heterocycles. The van der Waals surface area contributed by atoms with Gasteiger partial charge in [0.1, 0.15) is 12.4 Å². The lowest BCUT2D eigenvalue weighted by atomic mass is 10.2. The molecule has 4 heteroatoms. The largest absolute Gasteiger partial charge is 0.489 e. The number of imidazole rings is 1. The molecule has 0 radical (unpaired) electrons. The molecule has 0 saturated carbocycles. The lowest BCUT2D eigenvalue weighted by molar-refractivity contribution is 0.306. The fourth-order valence-corrected chi connectivity index (χ4v) is 3.08. The summed E-state index contributed by atoms with van der Waals surface area (Å²) in [5.41, 5.74) is 4.59. The standard InChI is InChI=1S/C24H23N3O/c1-27-23(21-10-6-3-7-11-21)17-26-24(27)25-16-19-12-14-22(15-13-19)28-18-20-8-4-2-5-9-20/h2-15,17H,16,18H2,1H3,(H,25,26). The molecule has 0 fully saturated rings. The number of aromatic nitrogens is 2. The fourth-order valence-electron chi connectivity index (χ4n) is 3.08. The van der Waals surface area contributed by atoms with Gasteiger partial charge in [0.25, 0.3) is 0 Å². The SMILES string of the molecule is Cn1c(-c2ccccc2)cnc1NCc1ccc(OCc2ccccc2)cc1. The van der Waals surface area contributed by atoms with E-state index in [-0.39, 0.29) is 0 Å². The Morgan fingerprint density at radius 1 is 0.821 bits per heavy atom. The van der Waals surface area contributed by atoms with Gasteiger partial charge in [0.15, 0.2) is 0 Å². The number of hydrogen-bond donors (Lipinski definition) is 1. The second kappa shape index (κ2) is 8.44. The zero-order chi connectivity index (χ0) is 19.2. The van der Waals surface area contributed by atoms with E-state index in [2.05, 4.69) is 51.3 Å². The van der Waals surface area contributed by atoms with Gasteiger partial charge in [0.05, 0.1) is 11.9 Å². The number of ether oxygens (including phenoxy) is 1. The van der Waals surface area contributed by atoms with Crippen molar-refractivity contribution < 1.29 is 4.74 Å². The molecular formula is C24H23N3O. The first-order valence-electron chi connectivity index (χ1n) is 9.36. The third kappa shape index (κ3) is 4.23. The minimum atomic E-state index is 0.577. The highest BCUT2D eigenvalue weighted by molar-refractivity contribution is 5.61. The first kappa shape index (κ1) is 17.9. The molecule has 0 amide bonds. The average Bonchev–Trinajstić information content (AvgIpc) is 3.13. The average molecular weight is 369 g/mol. The first-order chi connectivity index (χ1) is 13.8. The Morgan fingerprint density at radius 3 is 2.21 bits per heavy atom. The fraction of sp³-hybridized carbons (Fsp3) is 0.125. The summed E-state index contributed by atoms with van der Waals surface area (Å²) in [4.78, 5) is 4.51. The first-order valence-corrected chi connectivity index (χ1v) is 9.36. The second-order valence-electron chi connectivity index (χ2n) is 6.66. The van der Waals surface area contributed by atoms with E-state index in [0.717, 1.165) is 28.5 Å². The van der Waals surface area contributed by atoms with Crippen molar-refractivity contribution >= 4 is 5.95 Å². The summed E-state index contributed by atoms with van der Waals surface area (Å²) in [5.74, 6) is 1.72. The zero-order valence-electron chi connectivity index (χ0n) is 15.9. The molecule has 0 aliphatic heterocycles. The van der Waals surface area contributed by atoms with Crippen molar-refractivity contribution in [2.75, 3.05) is 5.32 Å². The van der Waals surface area contributed by atoms with Crippen LogP contribution in [0.4, 0.5) is 5.95 Å². The monoisotopic (exact) mass is 369 g/mol. The van der Waals surface area contributed by atoms with E-state index in [0.29, 0.717) is 13.2 Å². The molecule has 1 heterocycles. The Bertz CT molecular complexity index is 1010. The van der Waals surface area contributed by atoms with Crippen LogP contribution in [-0.4, -0.2) is 9.55 Å². The molecule has 0 atom stereocenters. The van der Waals surface area contributed by atoms with Crippen molar-refractivity contribution in [3.05, 3.63) is 102 Å². The number of benzene rings is 3. The topological polar surface area (TPSA) is 39.1 Å². The van der Waals surface area contributed by atoms with Gasteiger partial charge in [-0.3, -0.25) is 0 Å². The number of anilines is 1. The Labute approximate surface area is 165 Å². The molecule has 3 aromatic carbocycles. The van der Waals surface area contributed by atoms with Crippen molar-refractivity contribution in [3.8, 4) is 17.0 Å². The van der Waals surface area contributed by atoms with E-state index in [1.54, 1.807) is 0 Å².